The van der Waals surface area contributed by atoms with Gasteiger partial charge in [0.15, 0.2) is 5.71 Å². The summed E-state index contributed by atoms with van der Waals surface area (Å²) >= 11 is 0. The first-order valence-electron chi connectivity index (χ1n) is 7.79. The summed E-state index contributed by atoms with van der Waals surface area (Å²) in [5, 5.41) is 3.98. The van der Waals surface area contributed by atoms with Crippen LogP contribution in [0.25, 0.3) is 0 Å². The molecule has 0 spiro atoms. The van der Waals surface area contributed by atoms with Gasteiger partial charge in [0.05, 0.1) is 6.42 Å². The summed E-state index contributed by atoms with van der Waals surface area (Å²) < 4.78 is 16.3. The van der Waals surface area contributed by atoms with Gasteiger partial charge in [0, 0.05) is 6.42 Å². The highest BCUT2D eigenvalue weighted by Gasteiger charge is 2.27. The van der Waals surface area contributed by atoms with Crippen LogP contribution in [0.1, 0.15) is 12.8 Å². The van der Waals surface area contributed by atoms with Crippen LogP contribution in [0.3, 0.4) is 0 Å². The zero-order chi connectivity index (χ0) is 18.5. The van der Waals surface area contributed by atoms with Crippen molar-refractivity contribution in [2.45, 2.75) is 71.8 Å². The minimum Gasteiger partial charge on any atom is -0.520 e. The third-order valence-corrected chi connectivity index (χ3v) is 4.33. The second-order valence-electron chi connectivity index (χ2n) is 8.33. The van der Waals surface area contributed by atoms with Crippen molar-refractivity contribution in [3.05, 3.63) is 0 Å². The molecule has 6 nitrogen and oxygen atoms in total. The normalized spacial score (nSPS) is 13.5. The van der Waals surface area contributed by atoms with Crippen LogP contribution in [-0.2, 0) is 23.0 Å². The summed E-state index contributed by atoms with van der Waals surface area (Å²) in [6.45, 7) is 17.5. The molecular weight excluding hydrogens is 346 g/mol. The van der Waals surface area contributed by atoms with Gasteiger partial charge in [0.25, 0.3) is 14.3 Å². The van der Waals surface area contributed by atoms with E-state index in [1.807, 2.05) is 58.9 Å². The average molecular weight is 378 g/mol. The summed E-state index contributed by atoms with van der Waals surface area (Å²) in [6, 6.07) is 0. The van der Waals surface area contributed by atoms with Crippen LogP contribution < -0.4 is 0 Å². The Morgan fingerprint density at radius 2 is 1.22 bits per heavy atom. The van der Waals surface area contributed by atoms with E-state index in [0.29, 0.717) is 0 Å². The highest BCUT2D eigenvalue weighted by molar-refractivity contribution is 6.73. The van der Waals surface area contributed by atoms with E-state index in [2.05, 4.69) is 5.16 Å². The molecule has 0 N–H and O–H groups in total. The molecule has 0 saturated heterocycles. The fraction of sp³-hybridized carbons (Fsp3) is 0.786. The Kier molecular flexibility index (Phi) is 7.91. The molecule has 0 fully saturated rings. The Morgan fingerprint density at radius 1 is 0.739 bits per heavy atom. The molecule has 0 rings (SSSR count). The monoisotopic (exact) mass is 377 g/mol. The van der Waals surface area contributed by atoms with Gasteiger partial charge in [-0.05, 0) is 58.9 Å². The Morgan fingerprint density at radius 3 is 1.61 bits per heavy atom. The number of carbonyl (C=O) groups is 2. The molecule has 0 radical (unpaired) electrons. The van der Waals surface area contributed by atoms with Crippen molar-refractivity contribution < 1.29 is 23.0 Å². The smallest absolute Gasteiger partial charge is 0.342 e. The van der Waals surface area contributed by atoms with Gasteiger partial charge in [0.1, 0.15) is 0 Å². The van der Waals surface area contributed by atoms with E-state index in [1.165, 1.54) is 0 Å². The number of nitrogens with zero attached hydrogens (tertiary/aromatic N) is 1. The minimum atomic E-state index is -2.04. The number of rotatable bonds is 8. The number of carbonyl (C=O) groups excluding carboxylic acids is 2. The molecule has 0 aromatic carbocycles. The molecule has 0 aromatic heterocycles. The maximum atomic E-state index is 12.2. The van der Waals surface area contributed by atoms with E-state index < -0.39 is 30.9 Å². The van der Waals surface area contributed by atoms with Gasteiger partial charge < -0.3 is 13.4 Å². The standard InChI is InChI=1S/C14H31NO5Si3/c1-21(2,3)18-13(16)11-10-12(15-20-23(7,8)9)14(17)19-22(4,5)6/h10-11H2,1-9H3/b15-12+. The average Bonchev–Trinajstić information content (AvgIpc) is 2.21. The van der Waals surface area contributed by atoms with E-state index in [9.17, 15) is 9.59 Å². The quantitative estimate of drug-likeness (QED) is 0.366. The topological polar surface area (TPSA) is 74.2 Å². The van der Waals surface area contributed by atoms with Crippen molar-refractivity contribution >= 4 is 42.6 Å². The van der Waals surface area contributed by atoms with Gasteiger partial charge >= 0.3 is 5.97 Å². The molecule has 0 bridgehead atoms. The highest BCUT2D eigenvalue weighted by atomic mass is 28.4. The molecule has 0 unspecified atom stereocenters. The summed E-state index contributed by atoms with van der Waals surface area (Å²) in [5.74, 6) is -0.811. The van der Waals surface area contributed by atoms with Crippen LogP contribution in [0, 0.1) is 0 Å². The largest absolute Gasteiger partial charge is 0.520 e. The van der Waals surface area contributed by atoms with Crippen LogP contribution in [-0.4, -0.2) is 42.6 Å². The predicted octanol–water partition coefficient (Wildman–Crippen LogP) is 3.73. The van der Waals surface area contributed by atoms with Crippen LogP contribution in [0.5, 0.6) is 0 Å². The van der Waals surface area contributed by atoms with E-state index >= 15 is 0 Å². The maximum Gasteiger partial charge on any atom is 0.342 e. The summed E-state index contributed by atoms with van der Waals surface area (Å²) in [7, 11) is -5.88. The third-order valence-electron chi connectivity index (χ3n) is 2.05. The summed E-state index contributed by atoms with van der Waals surface area (Å²) in [5.41, 5.74) is 0.155. The Labute approximate surface area is 143 Å². The third kappa shape index (κ3) is 13.2. The molecule has 0 aromatic rings. The number of hydrogen-bond acceptors (Lipinski definition) is 6. The lowest BCUT2D eigenvalue weighted by atomic mass is 10.2. The molecule has 23 heavy (non-hydrogen) atoms. The first-order chi connectivity index (χ1) is 10.1. The SMILES string of the molecule is C[Si](C)(C)O/N=C(\CCC(=O)O[Si](C)(C)C)C(=O)O[Si](C)(C)C. The Balaban J connectivity index is 4.93. The lowest BCUT2D eigenvalue weighted by Crippen LogP contribution is -2.34. The Hall–Kier alpha value is -0.939. The number of hydrogen-bond donors (Lipinski definition) is 0. The molecule has 0 aliphatic heterocycles. The zero-order valence-electron chi connectivity index (χ0n) is 15.9. The van der Waals surface area contributed by atoms with Gasteiger partial charge in [-0.3, -0.25) is 4.79 Å². The predicted molar refractivity (Wildman–Crippen MR) is 100.0 cm³/mol. The lowest BCUT2D eigenvalue weighted by Gasteiger charge is -2.20. The van der Waals surface area contributed by atoms with Crippen molar-refractivity contribution in [3.63, 3.8) is 0 Å². The van der Waals surface area contributed by atoms with Crippen molar-refractivity contribution in [2.24, 2.45) is 5.16 Å². The van der Waals surface area contributed by atoms with Gasteiger partial charge in [0.2, 0.25) is 16.6 Å². The van der Waals surface area contributed by atoms with Crippen molar-refractivity contribution in [1.29, 1.82) is 0 Å². The van der Waals surface area contributed by atoms with E-state index in [0.717, 1.165) is 0 Å². The van der Waals surface area contributed by atoms with Crippen LogP contribution in [0.4, 0.5) is 0 Å². The maximum absolute atomic E-state index is 12.2. The van der Waals surface area contributed by atoms with Crippen molar-refractivity contribution in [3.8, 4) is 0 Å². The van der Waals surface area contributed by atoms with E-state index in [4.69, 9.17) is 13.4 Å². The molecule has 0 amide bonds. The molecule has 0 atom stereocenters. The first kappa shape index (κ1) is 22.1. The molecule has 0 saturated carbocycles. The molecule has 0 heterocycles. The van der Waals surface area contributed by atoms with Crippen molar-refractivity contribution in [1.82, 2.24) is 0 Å². The fourth-order valence-corrected chi connectivity index (χ4v) is 3.17. The highest BCUT2D eigenvalue weighted by Crippen LogP contribution is 2.11. The van der Waals surface area contributed by atoms with Crippen LogP contribution in [0.2, 0.25) is 58.9 Å². The Bertz CT molecular complexity index is 459. The molecule has 9 heteroatoms. The van der Waals surface area contributed by atoms with E-state index in [-0.39, 0.29) is 24.5 Å². The summed E-state index contributed by atoms with van der Waals surface area (Å²) in [4.78, 5) is 24.1. The number of oxime groups is 1. The van der Waals surface area contributed by atoms with Gasteiger partial charge in [-0.25, -0.2) is 4.79 Å². The molecule has 134 valence electrons. The molecule has 0 aliphatic carbocycles. The minimum absolute atomic E-state index is 0.0962. The van der Waals surface area contributed by atoms with Gasteiger partial charge in [-0.1, -0.05) is 5.16 Å². The second kappa shape index (κ2) is 8.25. The second-order valence-corrected chi connectivity index (χ2v) is 21.6. The van der Waals surface area contributed by atoms with Gasteiger partial charge in [-0.15, -0.1) is 0 Å². The lowest BCUT2D eigenvalue weighted by molar-refractivity contribution is -0.134. The van der Waals surface area contributed by atoms with Gasteiger partial charge in [-0.2, -0.15) is 0 Å². The molecular formula is C14H31NO5Si3. The van der Waals surface area contributed by atoms with Crippen LogP contribution in [0.15, 0.2) is 5.16 Å². The summed E-state index contributed by atoms with van der Waals surface area (Å²) in [6.07, 6.45) is 0.260. The van der Waals surface area contributed by atoms with Crippen LogP contribution >= 0.6 is 0 Å². The fourth-order valence-electron chi connectivity index (χ4n) is 1.33. The molecule has 0 aliphatic rings. The van der Waals surface area contributed by atoms with E-state index in [1.54, 1.807) is 0 Å². The van der Waals surface area contributed by atoms with Crippen molar-refractivity contribution in [2.75, 3.05) is 0 Å². The first-order valence-corrected chi connectivity index (χ1v) is 18.0. The zero-order valence-corrected chi connectivity index (χ0v) is 18.9.